The molecule has 1 unspecified atom stereocenters. The average Bonchev–Trinajstić information content (AvgIpc) is 3.00. The second-order valence-electron chi connectivity index (χ2n) is 5.91. The van der Waals surface area contributed by atoms with Crippen molar-refractivity contribution in [3.05, 3.63) is 46.9 Å². The first kappa shape index (κ1) is 15.3. The van der Waals surface area contributed by atoms with Crippen molar-refractivity contribution in [1.82, 2.24) is 19.7 Å². The summed E-state index contributed by atoms with van der Waals surface area (Å²) in [4.78, 5) is 21.8. The molecule has 2 aromatic heterocycles. The molecule has 23 heavy (non-hydrogen) atoms. The highest BCUT2D eigenvalue weighted by atomic mass is 16.1. The van der Waals surface area contributed by atoms with Crippen molar-refractivity contribution < 1.29 is 0 Å². The fraction of sp³-hybridized carbons (Fsp3) is 0.353. The van der Waals surface area contributed by atoms with Crippen LogP contribution in [0.2, 0.25) is 0 Å². The zero-order chi connectivity index (χ0) is 16.4. The fourth-order valence-electron chi connectivity index (χ4n) is 2.53. The molecule has 0 fully saturated rings. The summed E-state index contributed by atoms with van der Waals surface area (Å²) >= 11 is 0. The molecule has 0 radical (unpaired) electrons. The normalized spacial score (nSPS) is 12.5. The maximum absolute atomic E-state index is 12.3. The lowest BCUT2D eigenvalue weighted by Gasteiger charge is -2.21. The molecule has 0 saturated heterocycles. The molecule has 0 amide bonds. The van der Waals surface area contributed by atoms with Crippen LogP contribution in [0.1, 0.15) is 20.3 Å². The van der Waals surface area contributed by atoms with E-state index in [1.54, 1.807) is 10.9 Å². The number of fused-ring (bicyclic) bond motifs is 1. The summed E-state index contributed by atoms with van der Waals surface area (Å²) in [6.07, 6.45) is 2.64. The number of aromatic amines is 1. The van der Waals surface area contributed by atoms with Crippen molar-refractivity contribution in [1.29, 1.82) is 0 Å². The van der Waals surface area contributed by atoms with E-state index in [2.05, 4.69) is 28.9 Å². The van der Waals surface area contributed by atoms with Crippen molar-refractivity contribution in [2.45, 2.75) is 20.3 Å². The molecule has 0 spiro atoms. The minimum atomic E-state index is -0.164. The molecule has 0 saturated carbocycles. The van der Waals surface area contributed by atoms with Gasteiger partial charge in [-0.15, -0.1) is 0 Å². The number of H-pyrrole nitrogens is 1. The third-order valence-electron chi connectivity index (χ3n) is 4.07. The monoisotopic (exact) mass is 311 g/mol. The van der Waals surface area contributed by atoms with Crippen LogP contribution >= 0.6 is 0 Å². The second-order valence-corrected chi connectivity index (χ2v) is 5.91. The highest BCUT2D eigenvalue weighted by Gasteiger charge is 2.14. The highest BCUT2D eigenvalue weighted by molar-refractivity contribution is 5.76. The van der Waals surface area contributed by atoms with Gasteiger partial charge in [-0.05, 0) is 18.1 Å². The lowest BCUT2D eigenvalue weighted by atomic mass is 10.1. The van der Waals surface area contributed by atoms with E-state index in [4.69, 9.17) is 0 Å². The lowest BCUT2D eigenvalue weighted by molar-refractivity contribution is 0.555. The fourth-order valence-corrected chi connectivity index (χ4v) is 2.53. The van der Waals surface area contributed by atoms with Crippen LogP contribution in [-0.2, 0) is 0 Å². The Morgan fingerprint density at radius 3 is 2.74 bits per heavy atom. The maximum Gasteiger partial charge on any atom is 0.263 e. The first-order valence-electron chi connectivity index (χ1n) is 7.84. The van der Waals surface area contributed by atoms with Crippen molar-refractivity contribution >= 4 is 17.0 Å². The zero-order valence-corrected chi connectivity index (χ0v) is 13.7. The van der Waals surface area contributed by atoms with E-state index in [1.165, 1.54) is 0 Å². The number of benzene rings is 1. The quantitative estimate of drug-likeness (QED) is 0.786. The van der Waals surface area contributed by atoms with Gasteiger partial charge in [-0.3, -0.25) is 9.78 Å². The van der Waals surface area contributed by atoms with Gasteiger partial charge < -0.3 is 4.90 Å². The predicted molar refractivity (Wildman–Crippen MR) is 92.2 cm³/mol. The van der Waals surface area contributed by atoms with Crippen LogP contribution in [0.5, 0.6) is 0 Å². The summed E-state index contributed by atoms with van der Waals surface area (Å²) in [5.74, 6) is 1.10. The van der Waals surface area contributed by atoms with E-state index in [-0.39, 0.29) is 5.56 Å². The maximum atomic E-state index is 12.3. The summed E-state index contributed by atoms with van der Waals surface area (Å²) in [6, 6.07) is 9.70. The van der Waals surface area contributed by atoms with E-state index < -0.39 is 0 Å². The first-order chi connectivity index (χ1) is 11.1. The van der Waals surface area contributed by atoms with E-state index in [1.807, 2.05) is 42.3 Å². The minimum absolute atomic E-state index is 0.164. The minimum Gasteiger partial charge on any atom is -0.345 e. The van der Waals surface area contributed by atoms with Crippen LogP contribution in [0.15, 0.2) is 41.3 Å². The molecule has 0 aliphatic carbocycles. The number of rotatable bonds is 5. The summed E-state index contributed by atoms with van der Waals surface area (Å²) in [6.45, 7) is 5.17. The van der Waals surface area contributed by atoms with E-state index in [0.29, 0.717) is 22.9 Å². The van der Waals surface area contributed by atoms with Gasteiger partial charge in [-0.2, -0.15) is 10.1 Å². The Morgan fingerprint density at radius 1 is 1.30 bits per heavy atom. The number of hydrogen-bond acceptors (Lipinski definition) is 4. The molecule has 6 heteroatoms. The Balaban J connectivity index is 2.08. The van der Waals surface area contributed by atoms with Gasteiger partial charge in [0.1, 0.15) is 5.39 Å². The molecule has 3 aromatic rings. The standard InChI is InChI=1S/C17H21N5O/c1-4-12(2)11-21(3)17-19-15-14(16(23)20-17)10-18-22(15)13-8-6-5-7-9-13/h5-10,12H,4,11H2,1-3H3,(H,19,20,23). The molecule has 0 aliphatic rings. The number of nitrogens with zero attached hydrogens (tertiary/aromatic N) is 4. The van der Waals surface area contributed by atoms with Crippen LogP contribution in [0.4, 0.5) is 5.95 Å². The molecular weight excluding hydrogens is 290 g/mol. The number of para-hydroxylation sites is 1. The second kappa shape index (κ2) is 6.24. The topological polar surface area (TPSA) is 66.8 Å². The summed E-state index contributed by atoms with van der Waals surface area (Å²) in [7, 11) is 1.94. The third-order valence-corrected chi connectivity index (χ3v) is 4.07. The van der Waals surface area contributed by atoms with Gasteiger partial charge in [0, 0.05) is 13.6 Å². The first-order valence-corrected chi connectivity index (χ1v) is 7.84. The third kappa shape index (κ3) is 2.97. The lowest BCUT2D eigenvalue weighted by Crippen LogP contribution is -2.27. The molecule has 1 atom stereocenters. The Bertz CT molecular complexity index is 852. The summed E-state index contributed by atoms with van der Waals surface area (Å²) in [5, 5.41) is 4.81. The molecular formula is C17H21N5O. The number of anilines is 1. The molecule has 3 rings (SSSR count). The molecule has 1 aromatic carbocycles. The highest BCUT2D eigenvalue weighted by Crippen LogP contribution is 2.16. The van der Waals surface area contributed by atoms with Crippen LogP contribution in [0.25, 0.3) is 16.7 Å². The van der Waals surface area contributed by atoms with Gasteiger partial charge in [-0.1, -0.05) is 38.5 Å². The largest absolute Gasteiger partial charge is 0.345 e. The molecule has 1 N–H and O–H groups in total. The Kier molecular flexibility index (Phi) is 4.14. The van der Waals surface area contributed by atoms with Crippen molar-refractivity contribution in [2.75, 3.05) is 18.5 Å². The molecule has 0 bridgehead atoms. The summed E-state index contributed by atoms with van der Waals surface area (Å²) in [5.41, 5.74) is 1.30. The van der Waals surface area contributed by atoms with Gasteiger partial charge in [0.15, 0.2) is 5.65 Å². The van der Waals surface area contributed by atoms with Gasteiger partial charge in [-0.25, -0.2) is 4.68 Å². The molecule has 2 heterocycles. The van der Waals surface area contributed by atoms with Gasteiger partial charge >= 0.3 is 0 Å². The van der Waals surface area contributed by atoms with E-state index in [9.17, 15) is 4.79 Å². The Morgan fingerprint density at radius 2 is 2.04 bits per heavy atom. The Hall–Kier alpha value is -2.63. The van der Waals surface area contributed by atoms with E-state index >= 15 is 0 Å². The number of hydrogen-bond donors (Lipinski definition) is 1. The predicted octanol–water partition coefficient (Wildman–Crippen LogP) is 2.59. The van der Waals surface area contributed by atoms with Crippen molar-refractivity contribution in [3.8, 4) is 5.69 Å². The Labute approximate surface area is 134 Å². The van der Waals surface area contributed by atoms with Gasteiger partial charge in [0.05, 0.1) is 11.9 Å². The van der Waals surface area contributed by atoms with Crippen LogP contribution in [0.3, 0.4) is 0 Å². The molecule has 120 valence electrons. The van der Waals surface area contributed by atoms with Crippen LogP contribution < -0.4 is 10.5 Å². The van der Waals surface area contributed by atoms with Crippen LogP contribution in [0, 0.1) is 5.92 Å². The smallest absolute Gasteiger partial charge is 0.263 e. The van der Waals surface area contributed by atoms with E-state index in [0.717, 1.165) is 18.7 Å². The molecule has 6 nitrogen and oxygen atoms in total. The number of aromatic nitrogens is 4. The molecule has 0 aliphatic heterocycles. The van der Waals surface area contributed by atoms with Crippen LogP contribution in [-0.4, -0.2) is 33.3 Å². The van der Waals surface area contributed by atoms with Crippen molar-refractivity contribution in [2.24, 2.45) is 5.92 Å². The SMILES string of the molecule is CCC(C)CN(C)c1nc2c(cnn2-c2ccccc2)c(=O)[nH]1. The number of nitrogens with one attached hydrogen (secondary N) is 1. The van der Waals surface area contributed by atoms with Crippen molar-refractivity contribution in [3.63, 3.8) is 0 Å². The van der Waals surface area contributed by atoms with Gasteiger partial charge in [0.25, 0.3) is 5.56 Å². The average molecular weight is 311 g/mol. The zero-order valence-electron chi connectivity index (χ0n) is 13.7. The summed E-state index contributed by atoms with van der Waals surface area (Å²) < 4.78 is 1.70. The van der Waals surface area contributed by atoms with Gasteiger partial charge in [0.2, 0.25) is 5.95 Å².